The van der Waals surface area contributed by atoms with Crippen LogP contribution in [0.15, 0.2) is 41.1 Å². The minimum absolute atomic E-state index is 0.0799. The molecule has 0 atom stereocenters. The molecule has 2 rings (SSSR count). The number of benzene rings is 1. The van der Waals surface area contributed by atoms with Crippen molar-refractivity contribution in [2.24, 2.45) is 0 Å². The van der Waals surface area contributed by atoms with Gasteiger partial charge in [-0.2, -0.15) is 0 Å². The molecule has 1 aromatic heterocycles. The van der Waals surface area contributed by atoms with Crippen LogP contribution in [0.3, 0.4) is 0 Å². The quantitative estimate of drug-likeness (QED) is 0.796. The maximum absolute atomic E-state index is 13.0. The molecule has 0 saturated carbocycles. The molecule has 0 bridgehead atoms. The number of carbonyl (C=O) groups excluding carboxylic acids is 1. The molecule has 0 radical (unpaired) electrons. The second kappa shape index (κ2) is 4.71. The van der Waals surface area contributed by atoms with Gasteiger partial charge in [-0.15, -0.1) is 0 Å². The van der Waals surface area contributed by atoms with Crippen LogP contribution in [-0.2, 0) is 0 Å². The lowest BCUT2D eigenvalue weighted by Crippen LogP contribution is -2.04. The van der Waals surface area contributed by atoms with E-state index in [4.69, 9.17) is 0 Å². The Labute approximate surface area is 104 Å². The minimum atomic E-state index is -0.608. The van der Waals surface area contributed by atoms with Gasteiger partial charge in [0.25, 0.3) is 0 Å². The molecule has 1 aromatic carbocycles. The number of ketones is 1. The highest BCUT2D eigenvalue weighted by Gasteiger charge is 2.14. The van der Waals surface area contributed by atoms with Crippen LogP contribution in [0.25, 0.3) is 0 Å². The third kappa shape index (κ3) is 2.55. The number of nitrogens with zero attached hydrogens (tertiary/aromatic N) is 1. The summed E-state index contributed by atoms with van der Waals surface area (Å²) in [6.45, 7) is 0. The summed E-state index contributed by atoms with van der Waals surface area (Å²) in [7, 11) is 0. The van der Waals surface area contributed by atoms with E-state index >= 15 is 0 Å². The first-order valence-electron chi connectivity index (χ1n) is 4.68. The Morgan fingerprint density at radius 3 is 2.59 bits per heavy atom. The van der Waals surface area contributed by atoms with Gasteiger partial charge in [0.1, 0.15) is 11.6 Å². The number of carbonyl (C=O) groups is 1. The van der Waals surface area contributed by atoms with Crippen LogP contribution < -0.4 is 0 Å². The molecule has 0 aliphatic carbocycles. The van der Waals surface area contributed by atoms with Crippen molar-refractivity contribution in [3.8, 4) is 0 Å². The molecule has 2 aromatic rings. The van der Waals surface area contributed by atoms with Gasteiger partial charge in [-0.3, -0.25) is 9.78 Å². The zero-order chi connectivity index (χ0) is 12.4. The van der Waals surface area contributed by atoms with Gasteiger partial charge in [-0.1, -0.05) is 15.9 Å². The Morgan fingerprint density at radius 1 is 1.12 bits per heavy atom. The van der Waals surface area contributed by atoms with Gasteiger partial charge in [-0.25, -0.2) is 8.78 Å². The fourth-order valence-electron chi connectivity index (χ4n) is 1.36. The second-order valence-corrected chi connectivity index (χ2v) is 4.20. The summed E-state index contributed by atoms with van der Waals surface area (Å²) in [5.74, 6) is -1.62. The molecule has 0 aliphatic heterocycles. The highest BCUT2D eigenvalue weighted by Crippen LogP contribution is 2.21. The van der Waals surface area contributed by atoms with Gasteiger partial charge in [0.2, 0.25) is 0 Å². The molecule has 17 heavy (non-hydrogen) atoms. The third-order valence-corrected chi connectivity index (χ3v) is 2.83. The van der Waals surface area contributed by atoms with Crippen molar-refractivity contribution in [3.05, 3.63) is 63.9 Å². The third-order valence-electron chi connectivity index (χ3n) is 2.14. The zero-order valence-electron chi connectivity index (χ0n) is 8.45. The van der Waals surface area contributed by atoms with Crippen molar-refractivity contribution < 1.29 is 13.6 Å². The first-order chi connectivity index (χ1) is 8.08. The van der Waals surface area contributed by atoms with E-state index in [1.165, 1.54) is 18.3 Å². The maximum atomic E-state index is 13.0. The minimum Gasteiger partial charge on any atom is -0.289 e. The smallest absolute Gasteiger partial charge is 0.195 e. The van der Waals surface area contributed by atoms with E-state index < -0.39 is 17.4 Å². The van der Waals surface area contributed by atoms with Gasteiger partial charge in [0.05, 0.1) is 6.20 Å². The molecule has 86 valence electrons. The molecule has 0 fully saturated rings. The van der Waals surface area contributed by atoms with Gasteiger partial charge < -0.3 is 0 Å². The highest BCUT2D eigenvalue weighted by molar-refractivity contribution is 9.10. The standard InChI is InChI=1S/C12H6BrF2NO/c13-11-2-1-8(14)4-10(11)12(17)7-3-9(15)6-16-5-7/h1-6H. The first-order valence-corrected chi connectivity index (χ1v) is 5.47. The molecule has 0 N–H and O–H groups in total. The van der Waals surface area contributed by atoms with Crippen molar-refractivity contribution >= 4 is 21.7 Å². The van der Waals surface area contributed by atoms with Crippen molar-refractivity contribution in [2.75, 3.05) is 0 Å². The van der Waals surface area contributed by atoms with Crippen LogP contribution in [0.5, 0.6) is 0 Å². The lowest BCUT2D eigenvalue weighted by Gasteiger charge is -2.03. The summed E-state index contributed by atoms with van der Waals surface area (Å²) in [6, 6.07) is 4.81. The molecule has 5 heteroatoms. The predicted molar refractivity (Wildman–Crippen MR) is 61.7 cm³/mol. The summed E-state index contributed by atoms with van der Waals surface area (Å²) < 4.78 is 26.4. The topological polar surface area (TPSA) is 30.0 Å². The summed E-state index contributed by atoms with van der Waals surface area (Å²) in [5.41, 5.74) is 0.216. The Balaban J connectivity index is 2.47. The van der Waals surface area contributed by atoms with Crippen LogP contribution in [0.1, 0.15) is 15.9 Å². The Bertz CT molecular complexity index is 586. The molecule has 0 amide bonds. The summed E-state index contributed by atoms with van der Waals surface area (Å²) >= 11 is 3.15. The Morgan fingerprint density at radius 2 is 1.88 bits per heavy atom. The second-order valence-electron chi connectivity index (χ2n) is 3.35. The van der Waals surface area contributed by atoms with E-state index in [1.54, 1.807) is 0 Å². The molecule has 0 aliphatic rings. The zero-order valence-corrected chi connectivity index (χ0v) is 10.0. The van der Waals surface area contributed by atoms with E-state index in [2.05, 4.69) is 20.9 Å². The Hall–Kier alpha value is -1.62. The highest BCUT2D eigenvalue weighted by atomic mass is 79.9. The van der Waals surface area contributed by atoms with Gasteiger partial charge >= 0.3 is 0 Å². The number of halogens is 3. The number of aromatic nitrogens is 1. The lowest BCUT2D eigenvalue weighted by atomic mass is 10.1. The summed E-state index contributed by atoms with van der Waals surface area (Å²) in [5, 5.41) is 0. The van der Waals surface area contributed by atoms with E-state index in [9.17, 15) is 13.6 Å². The number of rotatable bonds is 2. The van der Waals surface area contributed by atoms with E-state index in [1.807, 2.05) is 0 Å². The largest absolute Gasteiger partial charge is 0.289 e. The number of hydrogen-bond donors (Lipinski definition) is 0. The summed E-state index contributed by atoms with van der Waals surface area (Å²) in [6.07, 6.45) is 2.24. The van der Waals surface area contributed by atoms with Crippen molar-refractivity contribution in [1.82, 2.24) is 4.98 Å². The fraction of sp³-hybridized carbons (Fsp3) is 0. The monoisotopic (exact) mass is 297 g/mol. The number of pyridine rings is 1. The molecular weight excluding hydrogens is 292 g/mol. The van der Waals surface area contributed by atoms with E-state index in [0.29, 0.717) is 4.47 Å². The van der Waals surface area contributed by atoms with Crippen molar-refractivity contribution in [3.63, 3.8) is 0 Å². The SMILES string of the molecule is O=C(c1cncc(F)c1)c1cc(F)ccc1Br. The van der Waals surface area contributed by atoms with E-state index in [-0.39, 0.29) is 11.1 Å². The average Bonchev–Trinajstić information content (AvgIpc) is 2.31. The normalized spacial score (nSPS) is 10.3. The lowest BCUT2D eigenvalue weighted by molar-refractivity contribution is 0.103. The van der Waals surface area contributed by atoms with Gasteiger partial charge in [0, 0.05) is 21.8 Å². The molecule has 1 heterocycles. The fourth-order valence-corrected chi connectivity index (χ4v) is 1.79. The first kappa shape index (κ1) is 11.9. The molecule has 0 spiro atoms. The molecule has 0 unspecified atom stereocenters. The van der Waals surface area contributed by atoms with Crippen LogP contribution >= 0.6 is 15.9 Å². The van der Waals surface area contributed by atoms with Crippen LogP contribution in [0.2, 0.25) is 0 Å². The van der Waals surface area contributed by atoms with Crippen LogP contribution in [0, 0.1) is 11.6 Å². The predicted octanol–water partition coefficient (Wildman–Crippen LogP) is 3.35. The molecular formula is C12H6BrF2NO. The van der Waals surface area contributed by atoms with Crippen molar-refractivity contribution in [1.29, 1.82) is 0 Å². The van der Waals surface area contributed by atoms with Crippen LogP contribution in [-0.4, -0.2) is 10.8 Å². The van der Waals surface area contributed by atoms with Crippen molar-refractivity contribution in [2.45, 2.75) is 0 Å². The molecule has 2 nitrogen and oxygen atoms in total. The van der Waals surface area contributed by atoms with Crippen LogP contribution in [0.4, 0.5) is 8.78 Å². The summed E-state index contributed by atoms with van der Waals surface area (Å²) in [4.78, 5) is 15.5. The van der Waals surface area contributed by atoms with Gasteiger partial charge in [-0.05, 0) is 24.3 Å². The molecule has 0 saturated heterocycles. The van der Waals surface area contributed by atoms with Gasteiger partial charge in [0.15, 0.2) is 5.78 Å². The Kier molecular flexibility index (Phi) is 3.28. The maximum Gasteiger partial charge on any atom is 0.195 e. The number of hydrogen-bond acceptors (Lipinski definition) is 2. The average molecular weight is 298 g/mol. The van der Waals surface area contributed by atoms with E-state index in [0.717, 1.165) is 18.3 Å².